The Hall–Kier alpha value is -1.10. The number of hydrogen-bond acceptors (Lipinski definition) is 3. The summed E-state index contributed by atoms with van der Waals surface area (Å²) in [6.45, 7) is 5.39. The highest BCUT2D eigenvalue weighted by Gasteiger charge is 2.67. The van der Waals surface area contributed by atoms with Crippen molar-refractivity contribution in [2.75, 3.05) is 27.2 Å². The maximum atomic E-state index is 12.6. The van der Waals surface area contributed by atoms with Crippen molar-refractivity contribution >= 4 is 11.9 Å². The zero-order valence-corrected chi connectivity index (χ0v) is 12.2. The molecule has 0 aromatic rings. The van der Waals surface area contributed by atoms with Crippen LogP contribution < -0.4 is 0 Å². The minimum absolute atomic E-state index is 0.0433. The number of carbonyl (C=O) groups excluding carboxylic acids is 1. The Labute approximate surface area is 114 Å². The summed E-state index contributed by atoms with van der Waals surface area (Å²) in [4.78, 5) is 27.8. The van der Waals surface area contributed by atoms with Crippen LogP contribution in [0.4, 0.5) is 0 Å². The normalized spacial score (nSPS) is 32.7. The van der Waals surface area contributed by atoms with E-state index in [9.17, 15) is 14.7 Å². The molecule has 1 unspecified atom stereocenters. The molecule has 1 saturated carbocycles. The first kappa shape index (κ1) is 14.3. The second-order valence-electron chi connectivity index (χ2n) is 6.70. The van der Waals surface area contributed by atoms with Crippen LogP contribution in [0.5, 0.6) is 0 Å². The van der Waals surface area contributed by atoms with E-state index in [0.717, 1.165) is 25.9 Å². The van der Waals surface area contributed by atoms with E-state index in [2.05, 4.69) is 4.90 Å². The van der Waals surface area contributed by atoms with E-state index < -0.39 is 17.3 Å². The maximum Gasteiger partial charge on any atom is 0.307 e. The van der Waals surface area contributed by atoms with Crippen LogP contribution in [-0.4, -0.2) is 60.0 Å². The Kier molecular flexibility index (Phi) is 3.60. The fourth-order valence-electron chi connectivity index (χ4n) is 3.48. The van der Waals surface area contributed by atoms with Crippen molar-refractivity contribution in [3.8, 4) is 0 Å². The Bertz CT molecular complexity index is 392. The highest BCUT2D eigenvalue weighted by atomic mass is 16.4. The first-order chi connectivity index (χ1) is 8.76. The number of rotatable bonds is 4. The smallest absolute Gasteiger partial charge is 0.307 e. The Balaban J connectivity index is 2.06. The molecule has 5 nitrogen and oxygen atoms in total. The summed E-state index contributed by atoms with van der Waals surface area (Å²) in [6, 6.07) is 0.244. The number of aliphatic carboxylic acids is 1. The van der Waals surface area contributed by atoms with Gasteiger partial charge in [0, 0.05) is 19.1 Å². The van der Waals surface area contributed by atoms with Crippen molar-refractivity contribution in [3.05, 3.63) is 0 Å². The number of hydrogen-bond donors (Lipinski definition) is 1. The second kappa shape index (κ2) is 4.78. The van der Waals surface area contributed by atoms with Crippen LogP contribution in [0.2, 0.25) is 0 Å². The highest BCUT2D eigenvalue weighted by molar-refractivity contribution is 5.92. The Morgan fingerprint density at radius 1 is 1.32 bits per heavy atom. The number of likely N-dealkylation sites (N-methyl/N-ethyl adjacent to an activating group) is 1. The molecule has 5 heteroatoms. The molecule has 2 aliphatic rings. The number of amides is 1. The minimum Gasteiger partial charge on any atom is -0.481 e. The van der Waals surface area contributed by atoms with E-state index in [-0.39, 0.29) is 17.9 Å². The van der Waals surface area contributed by atoms with E-state index in [4.69, 9.17) is 0 Å². The molecule has 0 spiro atoms. The van der Waals surface area contributed by atoms with E-state index in [1.54, 1.807) is 0 Å². The molecule has 0 radical (unpaired) electrons. The van der Waals surface area contributed by atoms with Gasteiger partial charge in [-0.2, -0.15) is 0 Å². The lowest BCUT2D eigenvalue weighted by molar-refractivity contribution is -0.142. The standard InChI is InChI=1S/C14H24N2O3/c1-14(2)10(11(14)13(18)19)12(17)16-7-5-6-9(16)8-15(3)4/h9-11H,5-8H2,1-4H3,(H,18,19)/t9?,10-,11+/m0/s1. The summed E-state index contributed by atoms with van der Waals surface area (Å²) in [5.41, 5.74) is -0.395. The van der Waals surface area contributed by atoms with Crippen LogP contribution in [0.15, 0.2) is 0 Å². The molecule has 2 rings (SSSR count). The van der Waals surface area contributed by atoms with Crippen molar-refractivity contribution < 1.29 is 14.7 Å². The van der Waals surface area contributed by atoms with Crippen LogP contribution in [-0.2, 0) is 9.59 Å². The molecule has 1 N–H and O–H groups in total. The van der Waals surface area contributed by atoms with Gasteiger partial charge in [0.05, 0.1) is 11.8 Å². The summed E-state index contributed by atoms with van der Waals surface area (Å²) >= 11 is 0. The number of carbonyl (C=O) groups is 2. The molecule has 0 bridgehead atoms. The number of carboxylic acids is 1. The van der Waals surface area contributed by atoms with Crippen molar-refractivity contribution in [3.63, 3.8) is 0 Å². The van der Waals surface area contributed by atoms with E-state index in [0.29, 0.717) is 0 Å². The molecule has 3 atom stereocenters. The average Bonchev–Trinajstić information content (AvgIpc) is 2.65. The second-order valence-corrected chi connectivity index (χ2v) is 6.70. The van der Waals surface area contributed by atoms with Gasteiger partial charge in [-0.3, -0.25) is 9.59 Å². The first-order valence-electron chi connectivity index (χ1n) is 6.95. The Morgan fingerprint density at radius 3 is 2.42 bits per heavy atom. The van der Waals surface area contributed by atoms with Gasteiger partial charge in [0.15, 0.2) is 0 Å². The lowest BCUT2D eigenvalue weighted by Crippen LogP contribution is -2.42. The molecule has 1 saturated heterocycles. The molecule has 1 heterocycles. The van der Waals surface area contributed by atoms with Crippen LogP contribution in [0.25, 0.3) is 0 Å². The molecular weight excluding hydrogens is 244 g/mol. The van der Waals surface area contributed by atoms with E-state index >= 15 is 0 Å². The maximum absolute atomic E-state index is 12.6. The van der Waals surface area contributed by atoms with Gasteiger partial charge in [-0.1, -0.05) is 13.8 Å². The largest absolute Gasteiger partial charge is 0.481 e. The predicted octanol–water partition coefficient (Wildman–Crippen LogP) is 0.896. The molecule has 1 aliphatic carbocycles. The van der Waals surface area contributed by atoms with Gasteiger partial charge in [-0.05, 0) is 32.4 Å². The summed E-state index contributed by atoms with van der Waals surface area (Å²) in [6.07, 6.45) is 2.05. The lowest BCUT2D eigenvalue weighted by Gasteiger charge is -2.27. The summed E-state index contributed by atoms with van der Waals surface area (Å²) in [5.74, 6) is -1.65. The van der Waals surface area contributed by atoms with Gasteiger partial charge in [0.1, 0.15) is 0 Å². The zero-order valence-electron chi connectivity index (χ0n) is 12.2. The Morgan fingerprint density at radius 2 is 1.95 bits per heavy atom. The topological polar surface area (TPSA) is 60.9 Å². The van der Waals surface area contributed by atoms with Gasteiger partial charge >= 0.3 is 5.97 Å². The first-order valence-corrected chi connectivity index (χ1v) is 6.95. The van der Waals surface area contributed by atoms with Gasteiger partial charge in [0.25, 0.3) is 0 Å². The van der Waals surface area contributed by atoms with Gasteiger partial charge < -0.3 is 14.9 Å². The molecule has 2 fully saturated rings. The third kappa shape index (κ3) is 2.48. The minimum atomic E-state index is -0.841. The number of carboxylic acid groups (broad SMARTS) is 1. The molecule has 19 heavy (non-hydrogen) atoms. The van der Waals surface area contributed by atoms with Crippen molar-refractivity contribution in [2.45, 2.75) is 32.7 Å². The number of nitrogens with zero attached hydrogens (tertiary/aromatic N) is 2. The van der Waals surface area contributed by atoms with Gasteiger partial charge in [-0.25, -0.2) is 0 Å². The van der Waals surface area contributed by atoms with Crippen LogP contribution in [0.1, 0.15) is 26.7 Å². The molecule has 108 valence electrons. The van der Waals surface area contributed by atoms with Gasteiger partial charge in [0.2, 0.25) is 5.91 Å². The quantitative estimate of drug-likeness (QED) is 0.823. The zero-order chi connectivity index (χ0) is 14.4. The third-order valence-electron chi connectivity index (χ3n) is 4.60. The van der Waals surface area contributed by atoms with Crippen LogP contribution >= 0.6 is 0 Å². The average molecular weight is 268 g/mol. The van der Waals surface area contributed by atoms with Crippen molar-refractivity contribution in [1.29, 1.82) is 0 Å². The molecule has 1 aliphatic heterocycles. The molecule has 0 aromatic carbocycles. The highest BCUT2D eigenvalue weighted by Crippen LogP contribution is 2.59. The fraction of sp³-hybridized carbons (Fsp3) is 0.857. The third-order valence-corrected chi connectivity index (χ3v) is 4.60. The molecule has 0 aromatic heterocycles. The summed E-state index contributed by atoms with van der Waals surface area (Å²) < 4.78 is 0. The molecule has 1 amide bonds. The van der Waals surface area contributed by atoms with Crippen molar-refractivity contribution in [1.82, 2.24) is 9.80 Å². The lowest BCUT2D eigenvalue weighted by atomic mass is 10.1. The van der Waals surface area contributed by atoms with E-state index in [1.165, 1.54) is 0 Å². The predicted molar refractivity (Wildman–Crippen MR) is 71.7 cm³/mol. The fourth-order valence-corrected chi connectivity index (χ4v) is 3.48. The SMILES string of the molecule is CN(C)CC1CCCN1C(=O)[C@@H]1[C@H](C(=O)O)C1(C)C. The van der Waals surface area contributed by atoms with Crippen LogP contribution in [0, 0.1) is 17.3 Å². The summed E-state index contributed by atoms with van der Waals surface area (Å²) in [5, 5.41) is 9.18. The van der Waals surface area contributed by atoms with Gasteiger partial charge in [-0.15, -0.1) is 0 Å². The van der Waals surface area contributed by atoms with E-state index in [1.807, 2.05) is 32.8 Å². The summed E-state index contributed by atoms with van der Waals surface area (Å²) in [7, 11) is 4.00. The number of likely N-dealkylation sites (tertiary alicyclic amines) is 1. The molecular formula is C14H24N2O3. The van der Waals surface area contributed by atoms with Crippen molar-refractivity contribution in [2.24, 2.45) is 17.3 Å². The van der Waals surface area contributed by atoms with Crippen LogP contribution in [0.3, 0.4) is 0 Å². The monoisotopic (exact) mass is 268 g/mol.